The number of aromatic nitrogens is 4. The molecular formula is C51H30N4OS. The van der Waals surface area contributed by atoms with E-state index in [0.29, 0.717) is 17.5 Å². The van der Waals surface area contributed by atoms with Crippen molar-refractivity contribution >= 4 is 75.3 Å². The van der Waals surface area contributed by atoms with Gasteiger partial charge in [0.15, 0.2) is 17.5 Å². The van der Waals surface area contributed by atoms with Crippen molar-refractivity contribution in [3.63, 3.8) is 0 Å². The van der Waals surface area contributed by atoms with E-state index in [4.69, 9.17) is 19.4 Å². The first-order chi connectivity index (χ1) is 28.2. The van der Waals surface area contributed by atoms with Crippen molar-refractivity contribution in [2.75, 3.05) is 0 Å². The highest BCUT2D eigenvalue weighted by Gasteiger charge is 2.23. The summed E-state index contributed by atoms with van der Waals surface area (Å²) in [5, 5.41) is 7.06. The summed E-state index contributed by atoms with van der Waals surface area (Å²) < 4.78 is 11.8. The summed E-state index contributed by atoms with van der Waals surface area (Å²) in [6.45, 7) is 0. The number of benzene rings is 8. The van der Waals surface area contributed by atoms with Crippen LogP contribution in [0.3, 0.4) is 0 Å². The normalized spacial score (nSPS) is 11.9. The molecule has 0 saturated heterocycles. The van der Waals surface area contributed by atoms with Gasteiger partial charge in [-0.05, 0) is 59.7 Å². The van der Waals surface area contributed by atoms with Crippen LogP contribution in [0, 0.1) is 0 Å². The summed E-state index contributed by atoms with van der Waals surface area (Å²) in [6.07, 6.45) is 0. The van der Waals surface area contributed by atoms with E-state index in [1.807, 2.05) is 59.9 Å². The number of nitrogens with zero attached hydrogens (tertiary/aromatic N) is 4. The van der Waals surface area contributed by atoms with Gasteiger partial charge in [-0.25, -0.2) is 15.0 Å². The Hall–Kier alpha value is -7.41. The van der Waals surface area contributed by atoms with Crippen LogP contribution in [0.5, 0.6) is 0 Å². The number of furan rings is 1. The van der Waals surface area contributed by atoms with Crippen LogP contribution in [0.1, 0.15) is 0 Å². The fourth-order valence-corrected chi connectivity index (χ4v) is 9.55. The lowest BCUT2D eigenvalue weighted by Crippen LogP contribution is -2.01. The minimum absolute atomic E-state index is 0.550. The summed E-state index contributed by atoms with van der Waals surface area (Å²) in [5.74, 6) is 1.75. The molecule has 4 heterocycles. The van der Waals surface area contributed by atoms with Crippen LogP contribution in [-0.4, -0.2) is 19.5 Å². The third kappa shape index (κ3) is 5.04. The van der Waals surface area contributed by atoms with Crippen molar-refractivity contribution in [1.82, 2.24) is 19.5 Å². The molecule has 5 nitrogen and oxygen atoms in total. The monoisotopic (exact) mass is 746 g/mol. The van der Waals surface area contributed by atoms with Crippen LogP contribution >= 0.6 is 11.3 Å². The molecule has 0 amide bonds. The van der Waals surface area contributed by atoms with Crippen molar-refractivity contribution in [3.05, 3.63) is 182 Å². The van der Waals surface area contributed by atoms with Crippen molar-refractivity contribution in [2.45, 2.75) is 0 Å². The zero-order valence-corrected chi connectivity index (χ0v) is 31.2. The fraction of sp³-hybridized carbons (Fsp3) is 0. The zero-order valence-electron chi connectivity index (χ0n) is 30.4. The quantitative estimate of drug-likeness (QED) is 0.176. The molecule has 0 N–H and O–H groups in total. The predicted octanol–water partition coefficient (Wildman–Crippen LogP) is 13.9. The molecule has 6 heteroatoms. The minimum Gasteiger partial charge on any atom is -0.455 e. The SMILES string of the molecule is c1ccc(-c2cccc(-c3nc(-c4ccccc4)nc(-c4ccc(-n5c6ccccc6c6cc7c(cc65)sc5ccccc57)c5c4oc4ccccc45)n3)c2)cc1. The van der Waals surface area contributed by atoms with Crippen molar-refractivity contribution in [2.24, 2.45) is 0 Å². The second kappa shape index (κ2) is 12.6. The van der Waals surface area contributed by atoms with Crippen molar-refractivity contribution < 1.29 is 4.42 Å². The molecule has 0 fully saturated rings. The Balaban J connectivity index is 1.13. The Labute approximate surface area is 330 Å². The second-order valence-electron chi connectivity index (χ2n) is 14.4. The average molecular weight is 747 g/mol. The summed E-state index contributed by atoms with van der Waals surface area (Å²) in [4.78, 5) is 15.4. The van der Waals surface area contributed by atoms with Gasteiger partial charge >= 0.3 is 0 Å². The maximum Gasteiger partial charge on any atom is 0.167 e. The molecule has 12 rings (SSSR count). The molecule has 12 aromatic rings. The highest BCUT2D eigenvalue weighted by Crippen LogP contribution is 2.44. The Morgan fingerprint density at radius 2 is 1.05 bits per heavy atom. The molecular weight excluding hydrogens is 717 g/mol. The van der Waals surface area contributed by atoms with E-state index >= 15 is 0 Å². The van der Waals surface area contributed by atoms with Gasteiger partial charge in [-0.3, -0.25) is 0 Å². The number of para-hydroxylation sites is 2. The highest BCUT2D eigenvalue weighted by atomic mass is 32.1. The summed E-state index contributed by atoms with van der Waals surface area (Å²) in [6, 6.07) is 63.7. The second-order valence-corrected chi connectivity index (χ2v) is 15.5. The Bertz CT molecular complexity index is 3530. The molecule has 0 unspecified atom stereocenters. The molecule has 266 valence electrons. The van der Waals surface area contributed by atoms with E-state index in [2.05, 4.69) is 138 Å². The first kappa shape index (κ1) is 31.9. The maximum atomic E-state index is 6.87. The topological polar surface area (TPSA) is 56.7 Å². The van der Waals surface area contributed by atoms with Gasteiger partial charge in [0.25, 0.3) is 0 Å². The van der Waals surface area contributed by atoms with Crippen molar-refractivity contribution in [3.8, 4) is 51.0 Å². The molecule has 8 aromatic carbocycles. The van der Waals surface area contributed by atoms with E-state index in [0.717, 1.165) is 66.5 Å². The molecule has 0 aliphatic heterocycles. The predicted molar refractivity (Wildman–Crippen MR) is 236 cm³/mol. The van der Waals surface area contributed by atoms with Gasteiger partial charge in [0, 0.05) is 47.5 Å². The molecule has 0 spiro atoms. The molecule has 0 atom stereocenters. The Morgan fingerprint density at radius 3 is 1.89 bits per heavy atom. The number of hydrogen-bond acceptors (Lipinski definition) is 5. The van der Waals surface area contributed by atoms with Crippen LogP contribution in [0.15, 0.2) is 186 Å². The lowest BCUT2D eigenvalue weighted by Gasteiger charge is -2.13. The van der Waals surface area contributed by atoms with Gasteiger partial charge < -0.3 is 8.98 Å². The molecule has 4 aromatic heterocycles. The van der Waals surface area contributed by atoms with Crippen LogP contribution in [0.4, 0.5) is 0 Å². The van der Waals surface area contributed by atoms with E-state index in [-0.39, 0.29) is 0 Å². The van der Waals surface area contributed by atoms with Crippen LogP contribution < -0.4 is 0 Å². The number of rotatable bonds is 5. The van der Waals surface area contributed by atoms with Gasteiger partial charge in [-0.1, -0.05) is 133 Å². The first-order valence-electron chi connectivity index (χ1n) is 19.0. The maximum absolute atomic E-state index is 6.87. The fourth-order valence-electron chi connectivity index (χ4n) is 8.43. The zero-order chi connectivity index (χ0) is 37.5. The van der Waals surface area contributed by atoms with Crippen LogP contribution in [0.25, 0.3) is 115 Å². The molecule has 57 heavy (non-hydrogen) atoms. The minimum atomic E-state index is 0.550. The van der Waals surface area contributed by atoms with Gasteiger partial charge in [0.1, 0.15) is 11.2 Å². The molecule has 0 radical (unpaired) electrons. The number of fused-ring (bicyclic) bond motifs is 9. The van der Waals surface area contributed by atoms with E-state index in [9.17, 15) is 0 Å². The molecule has 0 bridgehead atoms. The van der Waals surface area contributed by atoms with Gasteiger partial charge in [-0.15, -0.1) is 11.3 Å². The summed E-state index contributed by atoms with van der Waals surface area (Å²) in [7, 11) is 0. The van der Waals surface area contributed by atoms with Gasteiger partial charge in [0.05, 0.1) is 27.7 Å². The lowest BCUT2D eigenvalue weighted by molar-refractivity contribution is 0.669. The van der Waals surface area contributed by atoms with Crippen LogP contribution in [0.2, 0.25) is 0 Å². The summed E-state index contributed by atoms with van der Waals surface area (Å²) in [5.41, 5.74) is 9.73. The lowest BCUT2D eigenvalue weighted by atomic mass is 10.0. The molecule has 0 aliphatic carbocycles. The third-order valence-electron chi connectivity index (χ3n) is 11.1. The third-order valence-corrected chi connectivity index (χ3v) is 12.2. The number of thiophene rings is 1. The average Bonchev–Trinajstić information content (AvgIpc) is 3.95. The molecule has 0 aliphatic rings. The largest absolute Gasteiger partial charge is 0.455 e. The highest BCUT2D eigenvalue weighted by molar-refractivity contribution is 7.25. The van der Waals surface area contributed by atoms with Gasteiger partial charge in [-0.2, -0.15) is 0 Å². The number of hydrogen-bond donors (Lipinski definition) is 0. The Kier molecular flexibility index (Phi) is 7.03. The molecule has 0 saturated carbocycles. The first-order valence-corrected chi connectivity index (χ1v) is 19.8. The van der Waals surface area contributed by atoms with Crippen molar-refractivity contribution in [1.29, 1.82) is 0 Å². The van der Waals surface area contributed by atoms with E-state index in [1.165, 1.54) is 30.9 Å². The van der Waals surface area contributed by atoms with Crippen LogP contribution in [-0.2, 0) is 0 Å². The Morgan fingerprint density at radius 1 is 0.404 bits per heavy atom. The smallest absolute Gasteiger partial charge is 0.167 e. The van der Waals surface area contributed by atoms with E-state index in [1.54, 1.807) is 0 Å². The standard InChI is InChI=1S/C51H30N4OS/c1-3-14-31(15-4-1)33-18-13-19-34(28-33)50-52-49(32-16-5-2-6-17-32)53-51(54-50)38-26-27-42(47-37-22-8-11-24-44(37)56-48(38)47)55-41-23-10-7-20-35(41)39-29-40-36-21-9-12-25-45(36)57-46(40)30-43(39)55/h1-30H. The van der Waals surface area contributed by atoms with E-state index < -0.39 is 0 Å². The van der Waals surface area contributed by atoms with Gasteiger partial charge in [0.2, 0.25) is 0 Å². The summed E-state index contributed by atoms with van der Waals surface area (Å²) >= 11 is 1.84.